The topological polar surface area (TPSA) is 37.8 Å². The molecule has 3 nitrogen and oxygen atoms in total. The number of nitrogens with zero attached hydrogens (tertiary/aromatic N) is 2. The minimum Gasteiger partial charge on any atom is -0.356 e. The van der Waals surface area contributed by atoms with Gasteiger partial charge >= 0.3 is 0 Å². The molecule has 2 heterocycles. The highest BCUT2D eigenvalue weighted by atomic mass is 32.1. The van der Waals surface area contributed by atoms with Crippen molar-refractivity contribution in [3.63, 3.8) is 0 Å². The molecule has 0 saturated carbocycles. The normalized spacial score (nSPS) is 10.9. The Morgan fingerprint density at radius 2 is 2.33 bits per heavy atom. The molecule has 0 amide bonds. The van der Waals surface area contributed by atoms with E-state index >= 15 is 0 Å². The van der Waals surface area contributed by atoms with E-state index in [9.17, 15) is 0 Å². The van der Waals surface area contributed by atoms with Gasteiger partial charge in [0.05, 0.1) is 0 Å². The molecule has 0 saturated heterocycles. The Balaban J connectivity index is 1.94. The lowest BCUT2D eigenvalue weighted by Crippen LogP contribution is -1.98. The van der Waals surface area contributed by atoms with Crippen LogP contribution in [0.4, 0.5) is 5.13 Å². The third kappa shape index (κ3) is 2.76. The van der Waals surface area contributed by atoms with Gasteiger partial charge in [0.2, 0.25) is 5.13 Å². The summed E-state index contributed by atoms with van der Waals surface area (Å²) in [6.45, 7) is 5.03. The lowest BCUT2D eigenvalue weighted by molar-refractivity contribution is 0.799. The van der Waals surface area contributed by atoms with Crippen molar-refractivity contribution in [1.29, 1.82) is 0 Å². The third-order valence-corrected chi connectivity index (χ3v) is 3.40. The van der Waals surface area contributed by atoms with Crippen LogP contribution in [-0.4, -0.2) is 9.36 Å². The van der Waals surface area contributed by atoms with Crippen molar-refractivity contribution < 1.29 is 0 Å². The zero-order valence-electron chi connectivity index (χ0n) is 8.73. The van der Waals surface area contributed by atoms with E-state index in [-0.39, 0.29) is 0 Å². The lowest BCUT2D eigenvalue weighted by Gasteiger charge is -1.98. The summed E-state index contributed by atoms with van der Waals surface area (Å²) in [5.74, 6) is 1.32. The Labute approximate surface area is 97.4 Å². The number of aromatic nitrogens is 2. The maximum atomic E-state index is 4.41. The molecular weight excluding hydrogens is 226 g/mol. The molecule has 5 heteroatoms. The average Bonchev–Trinajstić information content (AvgIpc) is 2.86. The maximum absolute atomic E-state index is 4.41. The molecule has 0 unspecified atom stereocenters. The minimum atomic E-state index is 0.401. The molecule has 0 aliphatic carbocycles. The Morgan fingerprint density at radius 1 is 1.47 bits per heavy atom. The molecule has 2 rings (SSSR count). The number of rotatable bonds is 4. The molecule has 0 fully saturated rings. The minimum absolute atomic E-state index is 0.401. The second kappa shape index (κ2) is 4.72. The molecule has 0 bridgehead atoms. The van der Waals surface area contributed by atoms with Gasteiger partial charge in [-0.15, -0.1) is 0 Å². The van der Waals surface area contributed by atoms with Gasteiger partial charge in [-0.3, -0.25) is 0 Å². The fourth-order valence-corrected chi connectivity index (χ4v) is 2.48. The van der Waals surface area contributed by atoms with Crippen molar-refractivity contribution in [1.82, 2.24) is 9.36 Å². The van der Waals surface area contributed by atoms with Crippen LogP contribution in [-0.2, 0) is 6.54 Å². The molecule has 2 aromatic rings. The van der Waals surface area contributed by atoms with Crippen molar-refractivity contribution in [2.75, 3.05) is 5.32 Å². The van der Waals surface area contributed by atoms with Crippen LogP contribution in [0.3, 0.4) is 0 Å². The van der Waals surface area contributed by atoms with E-state index in [0.29, 0.717) is 5.92 Å². The number of nitrogens with one attached hydrogen (secondary N) is 1. The molecule has 0 aromatic carbocycles. The van der Waals surface area contributed by atoms with Gasteiger partial charge in [-0.25, -0.2) is 4.98 Å². The quantitative estimate of drug-likeness (QED) is 0.889. The van der Waals surface area contributed by atoms with E-state index < -0.39 is 0 Å². The molecule has 2 aromatic heterocycles. The Kier molecular flexibility index (Phi) is 3.33. The van der Waals surface area contributed by atoms with Gasteiger partial charge in [-0.2, -0.15) is 15.7 Å². The van der Waals surface area contributed by atoms with Gasteiger partial charge in [0, 0.05) is 24.0 Å². The van der Waals surface area contributed by atoms with Crippen molar-refractivity contribution in [2.45, 2.75) is 26.3 Å². The molecule has 0 spiro atoms. The Morgan fingerprint density at radius 3 is 2.93 bits per heavy atom. The molecular formula is C10H13N3S2. The highest BCUT2D eigenvalue weighted by Crippen LogP contribution is 2.18. The second-order valence-electron chi connectivity index (χ2n) is 3.60. The third-order valence-electron chi connectivity index (χ3n) is 1.98. The van der Waals surface area contributed by atoms with Crippen molar-refractivity contribution in [3.05, 3.63) is 28.2 Å². The summed E-state index contributed by atoms with van der Waals surface area (Å²) in [6.07, 6.45) is 0. The van der Waals surface area contributed by atoms with Gasteiger partial charge in [-0.05, 0) is 22.4 Å². The van der Waals surface area contributed by atoms with Crippen molar-refractivity contribution in [3.8, 4) is 0 Å². The zero-order valence-corrected chi connectivity index (χ0v) is 10.4. The summed E-state index contributed by atoms with van der Waals surface area (Å²) in [7, 11) is 0. The summed E-state index contributed by atoms with van der Waals surface area (Å²) in [5, 5.41) is 8.40. The number of hydrogen-bond donors (Lipinski definition) is 1. The second-order valence-corrected chi connectivity index (χ2v) is 5.13. The van der Waals surface area contributed by atoms with Gasteiger partial charge in [-0.1, -0.05) is 13.8 Å². The predicted molar refractivity (Wildman–Crippen MR) is 65.6 cm³/mol. The maximum Gasteiger partial charge on any atom is 0.202 e. The smallest absolute Gasteiger partial charge is 0.202 e. The highest BCUT2D eigenvalue weighted by Gasteiger charge is 2.06. The summed E-state index contributed by atoms with van der Waals surface area (Å²) in [5.41, 5.74) is 1.29. The van der Waals surface area contributed by atoms with Crippen molar-refractivity contribution in [2.24, 2.45) is 0 Å². The van der Waals surface area contributed by atoms with Crippen LogP contribution in [0.1, 0.15) is 31.2 Å². The first-order valence-electron chi connectivity index (χ1n) is 4.84. The van der Waals surface area contributed by atoms with E-state index in [2.05, 4.69) is 45.3 Å². The highest BCUT2D eigenvalue weighted by molar-refractivity contribution is 7.09. The van der Waals surface area contributed by atoms with Crippen LogP contribution in [0, 0.1) is 0 Å². The van der Waals surface area contributed by atoms with E-state index in [1.807, 2.05) is 0 Å². The van der Waals surface area contributed by atoms with Gasteiger partial charge < -0.3 is 5.32 Å². The standard InChI is InChI=1S/C10H13N3S2/c1-7(2)9-12-10(15-13-9)11-5-8-3-4-14-6-8/h3-4,6-7H,5H2,1-2H3,(H,11,12,13). The van der Waals surface area contributed by atoms with Crippen LogP contribution in [0.5, 0.6) is 0 Å². The lowest BCUT2D eigenvalue weighted by atomic mass is 10.2. The number of thiophene rings is 1. The van der Waals surface area contributed by atoms with E-state index in [0.717, 1.165) is 17.5 Å². The largest absolute Gasteiger partial charge is 0.356 e. The summed E-state index contributed by atoms with van der Waals surface area (Å²) in [6, 6.07) is 2.11. The number of hydrogen-bond acceptors (Lipinski definition) is 5. The summed E-state index contributed by atoms with van der Waals surface area (Å²) in [4.78, 5) is 4.41. The van der Waals surface area contributed by atoms with Gasteiger partial charge in [0.25, 0.3) is 0 Å². The summed E-state index contributed by atoms with van der Waals surface area (Å²) >= 11 is 3.14. The fourth-order valence-electron chi connectivity index (χ4n) is 1.11. The molecule has 0 atom stereocenters. The Bertz CT molecular complexity index is 406. The monoisotopic (exact) mass is 239 g/mol. The molecule has 80 valence electrons. The first-order chi connectivity index (χ1) is 7.25. The van der Waals surface area contributed by atoms with Gasteiger partial charge in [0.15, 0.2) is 0 Å². The van der Waals surface area contributed by atoms with E-state index in [1.165, 1.54) is 17.1 Å². The van der Waals surface area contributed by atoms with E-state index in [1.54, 1.807) is 11.3 Å². The van der Waals surface area contributed by atoms with Crippen LogP contribution >= 0.6 is 22.9 Å². The summed E-state index contributed by atoms with van der Waals surface area (Å²) < 4.78 is 4.29. The van der Waals surface area contributed by atoms with E-state index in [4.69, 9.17) is 0 Å². The molecule has 1 N–H and O–H groups in total. The van der Waals surface area contributed by atoms with Gasteiger partial charge in [0.1, 0.15) is 5.82 Å². The van der Waals surface area contributed by atoms with Crippen LogP contribution < -0.4 is 5.32 Å². The average molecular weight is 239 g/mol. The fraction of sp³-hybridized carbons (Fsp3) is 0.400. The Hall–Kier alpha value is -0.940. The molecule has 0 aliphatic heterocycles. The number of anilines is 1. The van der Waals surface area contributed by atoms with Crippen LogP contribution in [0.2, 0.25) is 0 Å². The SMILES string of the molecule is CC(C)c1nsc(NCc2ccsc2)n1. The predicted octanol–water partition coefficient (Wildman–Crippen LogP) is 3.34. The molecule has 0 aliphatic rings. The van der Waals surface area contributed by atoms with Crippen LogP contribution in [0.15, 0.2) is 16.8 Å². The zero-order chi connectivity index (χ0) is 10.7. The van der Waals surface area contributed by atoms with Crippen molar-refractivity contribution >= 4 is 28.0 Å². The van der Waals surface area contributed by atoms with Crippen LogP contribution in [0.25, 0.3) is 0 Å². The molecule has 0 radical (unpaired) electrons. The first-order valence-corrected chi connectivity index (χ1v) is 6.56. The first kappa shape index (κ1) is 10.6. The molecule has 15 heavy (non-hydrogen) atoms.